The second-order valence-corrected chi connectivity index (χ2v) is 2.56. The quantitative estimate of drug-likeness (QED) is 0.733. The molecule has 0 aliphatic heterocycles. The Morgan fingerprint density at radius 3 is 2.71 bits per heavy atom. The van der Waals surface area contributed by atoms with Gasteiger partial charge in [0, 0.05) is 12.6 Å². The largest absolute Gasteiger partial charge is 0.326 e. The highest BCUT2D eigenvalue weighted by atomic mass is 19.3. The molecule has 1 rings (SSSR count). The highest BCUT2D eigenvalue weighted by molar-refractivity contribution is 5.38. The minimum Gasteiger partial charge on any atom is -0.326 e. The van der Waals surface area contributed by atoms with Gasteiger partial charge in [-0.05, 0) is 5.56 Å². The van der Waals surface area contributed by atoms with Crippen LogP contribution in [0, 0.1) is 11.3 Å². The zero-order valence-electron chi connectivity index (χ0n) is 7.05. The van der Waals surface area contributed by atoms with E-state index in [-0.39, 0.29) is 12.1 Å². The number of aromatic amines is 1. The minimum absolute atomic E-state index is 0.000278. The van der Waals surface area contributed by atoms with E-state index in [4.69, 9.17) is 11.0 Å². The number of nitrogens with zero attached hydrogens (tertiary/aromatic N) is 1. The van der Waals surface area contributed by atoms with Gasteiger partial charge in [-0.2, -0.15) is 5.26 Å². The summed E-state index contributed by atoms with van der Waals surface area (Å²) in [6.07, 6.45) is -2.82. The Labute approximate surface area is 78.0 Å². The van der Waals surface area contributed by atoms with Gasteiger partial charge in [0.25, 0.3) is 6.43 Å². The summed E-state index contributed by atoms with van der Waals surface area (Å²) in [6.45, 7) is -0.196. The molecule has 14 heavy (non-hydrogen) atoms. The van der Waals surface area contributed by atoms with Gasteiger partial charge in [0.1, 0.15) is 11.8 Å². The molecular weight excluding hydrogens is 192 g/mol. The van der Waals surface area contributed by atoms with Crippen LogP contribution in [0.3, 0.4) is 0 Å². The summed E-state index contributed by atoms with van der Waals surface area (Å²) in [5, 5.41) is 8.52. The lowest BCUT2D eigenvalue weighted by atomic mass is 10.1. The van der Waals surface area contributed by atoms with Gasteiger partial charge in [-0.25, -0.2) is 8.78 Å². The number of hydrogen-bond acceptors (Lipinski definition) is 3. The molecule has 3 N–H and O–H groups in total. The molecule has 0 amide bonds. The summed E-state index contributed by atoms with van der Waals surface area (Å²) in [4.78, 5) is 12.9. The maximum Gasteiger partial charge on any atom is 0.266 e. The molecule has 0 radical (unpaired) electrons. The van der Waals surface area contributed by atoms with Crippen molar-refractivity contribution >= 4 is 0 Å². The van der Waals surface area contributed by atoms with Crippen LogP contribution in [0.5, 0.6) is 0 Å². The number of nitriles is 1. The average molecular weight is 199 g/mol. The third kappa shape index (κ3) is 1.78. The molecule has 6 heteroatoms. The van der Waals surface area contributed by atoms with Crippen LogP contribution < -0.4 is 11.3 Å². The van der Waals surface area contributed by atoms with E-state index in [1.54, 1.807) is 0 Å². The van der Waals surface area contributed by atoms with Gasteiger partial charge in [0.2, 0.25) is 5.56 Å². The lowest BCUT2D eigenvalue weighted by Crippen LogP contribution is -2.15. The zero-order chi connectivity index (χ0) is 10.7. The van der Waals surface area contributed by atoms with Gasteiger partial charge in [0.05, 0.1) is 5.56 Å². The minimum atomic E-state index is -2.82. The maximum atomic E-state index is 12.5. The number of alkyl halides is 2. The van der Waals surface area contributed by atoms with Gasteiger partial charge in [-0.1, -0.05) is 0 Å². The van der Waals surface area contributed by atoms with E-state index in [1.807, 2.05) is 4.98 Å². The number of nitrogens with two attached hydrogens (primary N) is 1. The van der Waals surface area contributed by atoms with Crippen LogP contribution in [-0.2, 0) is 6.54 Å². The second kappa shape index (κ2) is 3.98. The number of H-pyrrole nitrogens is 1. The molecule has 0 aliphatic rings. The second-order valence-electron chi connectivity index (χ2n) is 2.56. The highest BCUT2D eigenvalue weighted by Gasteiger charge is 2.18. The van der Waals surface area contributed by atoms with Gasteiger partial charge >= 0.3 is 0 Å². The smallest absolute Gasteiger partial charge is 0.266 e. The van der Waals surface area contributed by atoms with Gasteiger partial charge in [-0.15, -0.1) is 0 Å². The third-order valence-corrected chi connectivity index (χ3v) is 1.72. The van der Waals surface area contributed by atoms with Crippen molar-refractivity contribution in [2.75, 3.05) is 0 Å². The first-order chi connectivity index (χ1) is 6.60. The van der Waals surface area contributed by atoms with Crippen molar-refractivity contribution in [3.8, 4) is 6.07 Å². The molecule has 0 bridgehead atoms. The molecule has 74 valence electrons. The van der Waals surface area contributed by atoms with Crippen molar-refractivity contribution in [3.63, 3.8) is 0 Å². The predicted molar refractivity (Wildman–Crippen MR) is 44.6 cm³/mol. The van der Waals surface area contributed by atoms with Crippen LogP contribution in [0.25, 0.3) is 0 Å². The number of pyridine rings is 1. The molecule has 0 fully saturated rings. The summed E-state index contributed by atoms with van der Waals surface area (Å²) in [7, 11) is 0. The molecular formula is C8H7F2N3O. The van der Waals surface area contributed by atoms with Gasteiger partial charge in [0.15, 0.2) is 0 Å². The molecule has 0 aromatic carbocycles. The number of aromatic nitrogens is 1. The lowest BCUT2D eigenvalue weighted by Gasteiger charge is -2.07. The first kappa shape index (κ1) is 10.3. The van der Waals surface area contributed by atoms with Crippen molar-refractivity contribution in [1.82, 2.24) is 4.98 Å². The van der Waals surface area contributed by atoms with E-state index in [9.17, 15) is 13.6 Å². The predicted octanol–water partition coefficient (Wildman–Crippen LogP) is 0.643. The molecule has 0 unspecified atom stereocenters. The molecule has 0 saturated carbocycles. The number of nitrogens with one attached hydrogen (secondary N) is 1. The Morgan fingerprint density at radius 1 is 1.64 bits per heavy atom. The molecule has 1 aromatic rings. The first-order valence-corrected chi connectivity index (χ1v) is 3.74. The van der Waals surface area contributed by atoms with E-state index >= 15 is 0 Å². The van der Waals surface area contributed by atoms with Crippen LogP contribution in [-0.4, -0.2) is 4.98 Å². The summed E-state index contributed by atoms with van der Waals surface area (Å²) >= 11 is 0. The van der Waals surface area contributed by atoms with Crippen LogP contribution in [0.2, 0.25) is 0 Å². The Morgan fingerprint density at radius 2 is 2.29 bits per heavy atom. The Hall–Kier alpha value is -1.74. The van der Waals surface area contributed by atoms with E-state index in [2.05, 4.69) is 0 Å². The summed E-state index contributed by atoms with van der Waals surface area (Å²) in [5.74, 6) is 0. The molecule has 0 saturated heterocycles. The van der Waals surface area contributed by atoms with Crippen molar-refractivity contribution in [3.05, 3.63) is 33.2 Å². The monoisotopic (exact) mass is 199 g/mol. The highest BCUT2D eigenvalue weighted by Crippen LogP contribution is 2.23. The summed E-state index contributed by atoms with van der Waals surface area (Å²) in [6, 6.07) is 2.48. The third-order valence-electron chi connectivity index (χ3n) is 1.72. The number of rotatable bonds is 2. The van der Waals surface area contributed by atoms with Crippen molar-refractivity contribution in [2.24, 2.45) is 5.73 Å². The fourth-order valence-corrected chi connectivity index (χ4v) is 1.13. The van der Waals surface area contributed by atoms with E-state index in [0.717, 1.165) is 6.07 Å². The summed E-state index contributed by atoms with van der Waals surface area (Å²) in [5.41, 5.74) is 3.67. The molecule has 1 aromatic heterocycles. The fourth-order valence-electron chi connectivity index (χ4n) is 1.13. The normalized spacial score (nSPS) is 10.2. The average Bonchev–Trinajstić information content (AvgIpc) is 2.15. The zero-order valence-corrected chi connectivity index (χ0v) is 7.05. The maximum absolute atomic E-state index is 12.5. The Balaban J connectivity index is 3.51. The fraction of sp³-hybridized carbons (Fsp3) is 0.250. The van der Waals surface area contributed by atoms with Crippen LogP contribution in [0.1, 0.15) is 23.2 Å². The SMILES string of the molecule is N#Cc1[nH]c(=O)cc(CN)c1C(F)F. The molecule has 4 nitrogen and oxygen atoms in total. The molecule has 0 atom stereocenters. The summed E-state index contributed by atoms with van der Waals surface area (Å²) < 4.78 is 24.9. The number of halogens is 2. The lowest BCUT2D eigenvalue weighted by molar-refractivity contribution is 0.149. The van der Waals surface area contributed by atoms with Crippen LogP contribution in [0.4, 0.5) is 8.78 Å². The molecule has 1 heterocycles. The number of hydrogen-bond donors (Lipinski definition) is 2. The van der Waals surface area contributed by atoms with E-state index in [1.165, 1.54) is 6.07 Å². The van der Waals surface area contributed by atoms with Crippen molar-refractivity contribution < 1.29 is 8.78 Å². The van der Waals surface area contributed by atoms with Crippen molar-refractivity contribution in [2.45, 2.75) is 13.0 Å². The van der Waals surface area contributed by atoms with Crippen LogP contribution in [0.15, 0.2) is 10.9 Å². The Bertz CT molecular complexity index is 433. The standard InChI is InChI=1S/C8H7F2N3O/c9-8(10)7-4(2-11)1-6(14)13-5(7)3-12/h1,8H,2,11H2,(H,13,14). The van der Waals surface area contributed by atoms with Crippen molar-refractivity contribution in [1.29, 1.82) is 5.26 Å². The molecule has 0 aliphatic carbocycles. The molecule has 0 spiro atoms. The van der Waals surface area contributed by atoms with Crippen LogP contribution >= 0.6 is 0 Å². The topological polar surface area (TPSA) is 82.7 Å². The van der Waals surface area contributed by atoms with E-state index in [0.29, 0.717) is 0 Å². The van der Waals surface area contributed by atoms with Gasteiger partial charge in [-0.3, -0.25) is 4.79 Å². The van der Waals surface area contributed by atoms with E-state index < -0.39 is 23.2 Å². The van der Waals surface area contributed by atoms with Gasteiger partial charge < -0.3 is 10.7 Å². The first-order valence-electron chi connectivity index (χ1n) is 3.74. The Kier molecular flexibility index (Phi) is 2.94.